The number of nitrogens with zero attached hydrogens (tertiary/aromatic N) is 4. The smallest absolute Gasteiger partial charge is 0.191 e. The molecule has 1 saturated heterocycles. The Morgan fingerprint density at radius 1 is 1.25 bits per heavy atom. The van der Waals surface area contributed by atoms with Crippen molar-refractivity contribution in [2.75, 3.05) is 26.7 Å². The quantitative estimate of drug-likeness (QED) is 0.366. The predicted molar refractivity (Wildman–Crippen MR) is 127 cm³/mol. The molecule has 1 aliphatic heterocycles. The van der Waals surface area contributed by atoms with E-state index in [9.17, 15) is 0 Å². The first-order valence-electron chi connectivity index (χ1n) is 9.92. The van der Waals surface area contributed by atoms with E-state index in [1.165, 1.54) is 24.9 Å². The molecule has 0 spiro atoms. The number of para-hydroxylation sites is 1. The second-order valence-electron chi connectivity index (χ2n) is 7.20. The van der Waals surface area contributed by atoms with Crippen LogP contribution in [0.5, 0.6) is 0 Å². The molecular formula is C21H33IN6. The number of hydrogen-bond donors (Lipinski definition) is 2. The second-order valence-corrected chi connectivity index (χ2v) is 7.20. The summed E-state index contributed by atoms with van der Waals surface area (Å²) in [4.78, 5) is 6.93. The molecule has 0 radical (unpaired) electrons. The summed E-state index contributed by atoms with van der Waals surface area (Å²) >= 11 is 0. The third-order valence-corrected chi connectivity index (χ3v) is 5.31. The molecule has 6 nitrogen and oxygen atoms in total. The van der Waals surface area contributed by atoms with Crippen molar-refractivity contribution in [3.8, 4) is 5.69 Å². The Kier molecular flexibility index (Phi) is 8.75. The van der Waals surface area contributed by atoms with Crippen LogP contribution in [-0.2, 0) is 6.54 Å². The molecule has 1 fully saturated rings. The van der Waals surface area contributed by atoms with Crippen molar-refractivity contribution in [3.05, 3.63) is 47.3 Å². The van der Waals surface area contributed by atoms with Gasteiger partial charge < -0.3 is 10.6 Å². The molecule has 3 rings (SSSR count). The van der Waals surface area contributed by atoms with E-state index in [1.807, 2.05) is 18.7 Å². The first-order valence-corrected chi connectivity index (χ1v) is 9.92. The molecular weight excluding hydrogens is 463 g/mol. The molecule has 1 unspecified atom stereocenters. The summed E-state index contributed by atoms with van der Waals surface area (Å²) in [5, 5.41) is 11.6. The molecule has 2 heterocycles. The fourth-order valence-corrected chi connectivity index (χ4v) is 3.90. The Morgan fingerprint density at radius 3 is 2.71 bits per heavy atom. The lowest BCUT2D eigenvalue weighted by Gasteiger charge is -2.24. The van der Waals surface area contributed by atoms with Crippen LogP contribution in [0.25, 0.3) is 5.69 Å². The largest absolute Gasteiger partial charge is 0.355 e. The van der Waals surface area contributed by atoms with Gasteiger partial charge in [0.15, 0.2) is 5.96 Å². The number of hydrogen-bond acceptors (Lipinski definition) is 3. The standard InChI is InChI=1S/C21H32N6.HI/c1-5-26-12-8-10-19(26)15-24-21(22-4)23-14-18-9-6-7-11-20(18)27-17(3)13-16(2)25-27;/h6-7,9,11,13,19H,5,8,10,12,14-15H2,1-4H3,(H2,22,23,24);1H. The maximum atomic E-state index is 4.63. The van der Waals surface area contributed by atoms with Gasteiger partial charge in [-0.25, -0.2) is 4.68 Å². The Morgan fingerprint density at radius 2 is 2.04 bits per heavy atom. The van der Waals surface area contributed by atoms with Crippen LogP contribution in [-0.4, -0.2) is 53.4 Å². The molecule has 1 atom stereocenters. The second kappa shape index (κ2) is 10.8. The van der Waals surface area contributed by atoms with Crippen molar-refractivity contribution in [2.24, 2.45) is 4.99 Å². The maximum Gasteiger partial charge on any atom is 0.191 e. The molecule has 154 valence electrons. The van der Waals surface area contributed by atoms with Crippen LogP contribution in [0.3, 0.4) is 0 Å². The Labute approximate surface area is 185 Å². The summed E-state index contributed by atoms with van der Waals surface area (Å²) in [5.41, 5.74) is 4.48. The predicted octanol–water partition coefficient (Wildman–Crippen LogP) is 3.26. The van der Waals surface area contributed by atoms with Crippen molar-refractivity contribution in [1.82, 2.24) is 25.3 Å². The third kappa shape index (κ3) is 5.47. The lowest BCUT2D eigenvalue weighted by molar-refractivity contribution is 0.267. The van der Waals surface area contributed by atoms with Gasteiger partial charge in [-0.15, -0.1) is 24.0 Å². The van der Waals surface area contributed by atoms with E-state index in [2.05, 4.69) is 69.8 Å². The fraction of sp³-hybridized carbons (Fsp3) is 0.524. The normalized spacial score (nSPS) is 17.4. The molecule has 1 aromatic carbocycles. The van der Waals surface area contributed by atoms with Gasteiger partial charge in [0.05, 0.1) is 11.4 Å². The van der Waals surface area contributed by atoms with E-state index in [1.54, 1.807) is 0 Å². The number of guanidine groups is 1. The summed E-state index contributed by atoms with van der Waals surface area (Å²) in [7, 11) is 1.83. The van der Waals surface area contributed by atoms with Crippen LogP contribution in [0.4, 0.5) is 0 Å². The zero-order valence-electron chi connectivity index (χ0n) is 17.4. The summed E-state index contributed by atoms with van der Waals surface area (Å²) in [6, 6.07) is 11.1. The third-order valence-electron chi connectivity index (χ3n) is 5.31. The van der Waals surface area contributed by atoms with Crippen LogP contribution < -0.4 is 10.6 Å². The number of likely N-dealkylation sites (N-methyl/N-ethyl adjacent to an activating group) is 1. The fourth-order valence-electron chi connectivity index (χ4n) is 3.90. The molecule has 1 aromatic heterocycles. The summed E-state index contributed by atoms with van der Waals surface area (Å²) in [5.74, 6) is 0.848. The number of likely N-dealkylation sites (tertiary alicyclic amines) is 1. The summed E-state index contributed by atoms with van der Waals surface area (Å²) in [6.07, 6.45) is 2.56. The van der Waals surface area contributed by atoms with Gasteiger partial charge in [-0.3, -0.25) is 9.89 Å². The number of nitrogens with one attached hydrogen (secondary N) is 2. The summed E-state index contributed by atoms with van der Waals surface area (Å²) in [6.45, 7) is 10.3. The summed E-state index contributed by atoms with van der Waals surface area (Å²) < 4.78 is 2.01. The molecule has 7 heteroatoms. The average molecular weight is 496 g/mol. The number of aryl methyl sites for hydroxylation is 2. The first-order chi connectivity index (χ1) is 13.1. The van der Waals surface area contributed by atoms with Gasteiger partial charge in [-0.1, -0.05) is 25.1 Å². The van der Waals surface area contributed by atoms with Crippen molar-refractivity contribution in [1.29, 1.82) is 0 Å². The van der Waals surface area contributed by atoms with Gasteiger partial charge in [0.1, 0.15) is 0 Å². The van der Waals surface area contributed by atoms with Gasteiger partial charge in [-0.05, 0) is 57.5 Å². The number of rotatable bonds is 6. The van der Waals surface area contributed by atoms with E-state index >= 15 is 0 Å². The molecule has 0 amide bonds. The molecule has 0 bridgehead atoms. The van der Waals surface area contributed by atoms with Crippen LogP contribution in [0.15, 0.2) is 35.3 Å². The minimum atomic E-state index is 0. The molecule has 28 heavy (non-hydrogen) atoms. The SMILES string of the molecule is CCN1CCCC1CNC(=NC)NCc1ccccc1-n1nc(C)cc1C.I. The van der Waals surface area contributed by atoms with Gasteiger partial charge >= 0.3 is 0 Å². The van der Waals surface area contributed by atoms with Crippen molar-refractivity contribution in [3.63, 3.8) is 0 Å². The first kappa shape index (κ1) is 22.7. The lowest BCUT2D eigenvalue weighted by Crippen LogP contribution is -2.44. The van der Waals surface area contributed by atoms with E-state index in [-0.39, 0.29) is 24.0 Å². The van der Waals surface area contributed by atoms with Crippen LogP contribution in [0.1, 0.15) is 36.7 Å². The van der Waals surface area contributed by atoms with Gasteiger partial charge in [0.2, 0.25) is 0 Å². The van der Waals surface area contributed by atoms with Crippen LogP contribution in [0.2, 0.25) is 0 Å². The number of halogens is 1. The Balaban J connectivity index is 0.00000280. The highest BCUT2D eigenvalue weighted by Crippen LogP contribution is 2.17. The monoisotopic (exact) mass is 496 g/mol. The number of benzene rings is 1. The lowest BCUT2D eigenvalue weighted by atomic mass is 10.1. The maximum absolute atomic E-state index is 4.63. The molecule has 2 aromatic rings. The van der Waals surface area contributed by atoms with Crippen molar-refractivity contribution >= 4 is 29.9 Å². The zero-order chi connectivity index (χ0) is 19.2. The van der Waals surface area contributed by atoms with Gasteiger partial charge in [-0.2, -0.15) is 5.10 Å². The highest BCUT2D eigenvalue weighted by Gasteiger charge is 2.22. The number of aliphatic imine (C=N–C) groups is 1. The molecule has 1 aliphatic rings. The Bertz CT molecular complexity index is 785. The highest BCUT2D eigenvalue weighted by atomic mass is 127. The number of aromatic nitrogens is 2. The van der Waals surface area contributed by atoms with E-state index in [0.29, 0.717) is 12.6 Å². The molecule has 0 saturated carbocycles. The van der Waals surface area contributed by atoms with Crippen molar-refractivity contribution in [2.45, 2.75) is 46.2 Å². The van der Waals surface area contributed by atoms with Crippen LogP contribution >= 0.6 is 24.0 Å². The van der Waals surface area contributed by atoms with E-state index in [4.69, 9.17) is 0 Å². The minimum absolute atomic E-state index is 0. The van der Waals surface area contributed by atoms with Gasteiger partial charge in [0.25, 0.3) is 0 Å². The highest BCUT2D eigenvalue weighted by molar-refractivity contribution is 14.0. The van der Waals surface area contributed by atoms with Crippen molar-refractivity contribution < 1.29 is 0 Å². The van der Waals surface area contributed by atoms with Gasteiger partial charge in [0, 0.05) is 31.9 Å². The average Bonchev–Trinajstić information content (AvgIpc) is 3.27. The topological polar surface area (TPSA) is 57.5 Å². The van der Waals surface area contributed by atoms with Crippen LogP contribution in [0, 0.1) is 13.8 Å². The Hall–Kier alpha value is -1.61. The molecule has 0 aliphatic carbocycles. The minimum Gasteiger partial charge on any atom is -0.355 e. The zero-order valence-corrected chi connectivity index (χ0v) is 19.7. The van der Waals surface area contributed by atoms with E-state index in [0.717, 1.165) is 36.1 Å². The molecule has 2 N–H and O–H groups in total. The van der Waals surface area contributed by atoms with E-state index < -0.39 is 0 Å².